The van der Waals surface area contributed by atoms with Gasteiger partial charge in [0.2, 0.25) is 5.91 Å². The van der Waals surface area contributed by atoms with E-state index in [1.807, 2.05) is 38.1 Å². The molecule has 3 rings (SSSR count). The van der Waals surface area contributed by atoms with E-state index in [0.717, 1.165) is 11.3 Å². The summed E-state index contributed by atoms with van der Waals surface area (Å²) in [7, 11) is 0. The quantitative estimate of drug-likeness (QED) is 0.321. The summed E-state index contributed by atoms with van der Waals surface area (Å²) in [6, 6.07) is 10.5. The van der Waals surface area contributed by atoms with E-state index in [2.05, 4.69) is 16.0 Å². The summed E-state index contributed by atoms with van der Waals surface area (Å²) in [6.45, 7) is 4.61. The molecule has 0 saturated heterocycles. The van der Waals surface area contributed by atoms with Crippen LogP contribution in [0.15, 0.2) is 36.4 Å². The number of carbonyl (C=O) groups is 2. The highest BCUT2D eigenvalue weighted by Gasteiger charge is 2.26. The second-order valence-electron chi connectivity index (χ2n) is 8.84. The number of aromatic hydroxyl groups is 1. The van der Waals surface area contributed by atoms with Gasteiger partial charge in [-0.3, -0.25) is 9.59 Å². The van der Waals surface area contributed by atoms with Gasteiger partial charge in [-0.15, -0.1) is 0 Å². The predicted molar refractivity (Wildman–Crippen MR) is 126 cm³/mol. The molecule has 1 unspecified atom stereocenters. The van der Waals surface area contributed by atoms with Crippen LogP contribution in [0.25, 0.3) is 0 Å². The minimum Gasteiger partial charge on any atom is -0.508 e. The number of hydrogen-bond acceptors (Lipinski definition) is 7. The van der Waals surface area contributed by atoms with Crippen LogP contribution < -0.4 is 26.4 Å². The van der Waals surface area contributed by atoms with Gasteiger partial charge in [-0.1, -0.05) is 12.1 Å². The number of fused-ring (bicyclic) bond motifs is 1. The fourth-order valence-corrected chi connectivity index (χ4v) is 3.71. The Kier molecular flexibility index (Phi) is 7.91. The predicted octanol–water partition coefficient (Wildman–Crippen LogP) is 2.04. The zero-order valence-electron chi connectivity index (χ0n) is 19.0. The average Bonchev–Trinajstić information content (AvgIpc) is 2.76. The molecule has 9 heteroatoms. The van der Waals surface area contributed by atoms with Crippen LogP contribution in [0.5, 0.6) is 11.5 Å². The Bertz CT molecular complexity index is 991. The average molecular weight is 457 g/mol. The lowest BCUT2D eigenvalue weighted by Crippen LogP contribution is -2.43. The van der Waals surface area contributed by atoms with Crippen molar-refractivity contribution < 1.29 is 24.5 Å². The van der Waals surface area contributed by atoms with Crippen molar-refractivity contribution in [2.45, 2.75) is 44.8 Å². The zero-order chi connectivity index (χ0) is 24.0. The molecule has 2 amide bonds. The minimum absolute atomic E-state index is 0.0538. The van der Waals surface area contributed by atoms with Crippen LogP contribution in [0.1, 0.15) is 43.9 Å². The standard InChI is InChI=1S/C24H32N4O5/c1-24(2,12-15-5-7-16(8-6-15)27-21(31)4-3-9-25)26-13-20(30)18-10-17(29)11-19-23(18)33-14-22(32)28-19/h5-8,10-11,20,26,29-30H,3-4,9,12-14,25H2,1-2H3,(H,27,31)(H,28,32). The maximum Gasteiger partial charge on any atom is 0.262 e. The Morgan fingerprint density at radius 1 is 1.27 bits per heavy atom. The number of amides is 2. The van der Waals surface area contributed by atoms with Crippen LogP contribution in [0.2, 0.25) is 0 Å². The van der Waals surface area contributed by atoms with E-state index < -0.39 is 6.10 Å². The molecule has 1 aliphatic rings. The number of aliphatic hydroxyl groups is 1. The van der Waals surface area contributed by atoms with Gasteiger partial charge in [0.25, 0.3) is 5.91 Å². The van der Waals surface area contributed by atoms with Crippen molar-refractivity contribution >= 4 is 23.2 Å². The molecular weight excluding hydrogens is 424 g/mol. The van der Waals surface area contributed by atoms with Crippen LogP contribution in [-0.4, -0.2) is 47.3 Å². The van der Waals surface area contributed by atoms with Crippen molar-refractivity contribution in [1.29, 1.82) is 0 Å². The van der Waals surface area contributed by atoms with Gasteiger partial charge in [0.1, 0.15) is 11.5 Å². The number of anilines is 2. The number of β-amino-alcohol motifs (C(OH)–C–C–N with tert-alkyl or cyclic N) is 1. The van der Waals surface area contributed by atoms with Crippen molar-refractivity contribution in [1.82, 2.24) is 5.32 Å². The zero-order valence-corrected chi connectivity index (χ0v) is 19.0. The summed E-state index contributed by atoms with van der Waals surface area (Å²) in [5.74, 6) is -0.0671. The van der Waals surface area contributed by atoms with Gasteiger partial charge in [-0.25, -0.2) is 0 Å². The lowest BCUT2D eigenvalue weighted by molar-refractivity contribution is -0.118. The molecule has 178 valence electrons. The van der Waals surface area contributed by atoms with Crippen LogP contribution in [0.4, 0.5) is 11.4 Å². The Hall–Kier alpha value is -3.14. The van der Waals surface area contributed by atoms with Crippen molar-refractivity contribution in [3.05, 3.63) is 47.5 Å². The fourth-order valence-electron chi connectivity index (χ4n) is 3.71. The third-order valence-corrected chi connectivity index (χ3v) is 5.35. The first kappa shape index (κ1) is 24.5. The van der Waals surface area contributed by atoms with Gasteiger partial charge in [0.15, 0.2) is 6.61 Å². The lowest BCUT2D eigenvalue weighted by Gasteiger charge is -2.29. The lowest BCUT2D eigenvalue weighted by atomic mass is 9.94. The molecule has 0 aromatic heterocycles. The van der Waals surface area contributed by atoms with Gasteiger partial charge in [-0.2, -0.15) is 0 Å². The first-order chi connectivity index (χ1) is 15.7. The summed E-state index contributed by atoms with van der Waals surface area (Å²) in [6.07, 6.45) is 0.788. The first-order valence-electron chi connectivity index (χ1n) is 11.0. The molecule has 9 nitrogen and oxygen atoms in total. The number of phenolic OH excluding ortho intramolecular Hbond substituents is 1. The molecular formula is C24H32N4O5. The van der Waals surface area contributed by atoms with Gasteiger partial charge >= 0.3 is 0 Å². The van der Waals surface area contributed by atoms with E-state index in [1.165, 1.54) is 12.1 Å². The molecule has 1 aliphatic heterocycles. The summed E-state index contributed by atoms with van der Waals surface area (Å²) in [4.78, 5) is 23.4. The number of nitrogens with one attached hydrogen (secondary N) is 3. The molecule has 0 radical (unpaired) electrons. The number of hydrogen-bond donors (Lipinski definition) is 6. The molecule has 0 bridgehead atoms. The molecule has 2 aromatic carbocycles. The smallest absolute Gasteiger partial charge is 0.262 e. The van der Waals surface area contributed by atoms with E-state index in [0.29, 0.717) is 42.8 Å². The molecule has 1 atom stereocenters. The molecule has 2 aromatic rings. The second-order valence-corrected chi connectivity index (χ2v) is 8.84. The van der Waals surface area contributed by atoms with Crippen LogP contribution in [-0.2, 0) is 16.0 Å². The fraction of sp³-hybridized carbons (Fsp3) is 0.417. The Morgan fingerprint density at radius 3 is 2.70 bits per heavy atom. The van der Waals surface area contributed by atoms with E-state index >= 15 is 0 Å². The monoisotopic (exact) mass is 456 g/mol. The number of phenols is 1. The van der Waals surface area contributed by atoms with Gasteiger partial charge < -0.3 is 36.6 Å². The number of benzene rings is 2. The molecule has 0 spiro atoms. The first-order valence-corrected chi connectivity index (χ1v) is 11.0. The second kappa shape index (κ2) is 10.7. The number of rotatable bonds is 10. The van der Waals surface area contributed by atoms with E-state index in [1.54, 1.807) is 0 Å². The maximum atomic E-state index is 11.8. The SMILES string of the molecule is CC(C)(Cc1ccc(NC(=O)CCCN)cc1)NCC(O)c1cc(O)cc2c1OCC(=O)N2. The Balaban J connectivity index is 1.58. The molecule has 1 heterocycles. The van der Waals surface area contributed by atoms with Crippen molar-refractivity contribution in [3.8, 4) is 11.5 Å². The van der Waals surface area contributed by atoms with Crippen molar-refractivity contribution in [3.63, 3.8) is 0 Å². The number of carbonyl (C=O) groups excluding carboxylic acids is 2. The maximum absolute atomic E-state index is 11.8. The van der Waals surface area contributed by atoms with Crippen molar-refractivity contribution in [2.24, 2.45) is 5.73 Å². The molecule has 0 fully saturated rings. The third kappa shape index (κ3) is 6.92. The van der Waals surface area contributed by atoms with Crippen molar-refractivity contribution in [2.75, 3.05) is 30.3 Å². The van der Waals surface area contributed by atoms with Gasteiger partial charge in [-0.05, 0) is 57.0 Å². The minimum atomic E-state index is -0.953. The Morgan fingerprint density at radius 2 is 2.00 bits per heavy atom. The summed E-state index contributed by atoms with van der Waals surface area (Å²) >= 11 is 0. The van der Waals surface area contributed by atoms with Crippen LogP contribution in [0.3, 0.4) is 0 Å². The topological polar surface area (TPSA) is 146 Å². The van der Waals surface area contributed by atoms with Crippen LogP contribution in [0, 0.1) is 0 Å². The van der Waals surface area contributed by atoms with Crippen LogP contribution >= 0.6 is 0 Å². The summed E-state index contributed by atoms with van der Waals surface area (Å²) in [5, 5.41) is 29.6. The summed E-state index contributed by atoms with van der Waals surface area (Å²) in [5.41, 5.74) is 7.64. The third-order valence-electron chi connectivity index (χ3n) is 5.35. The largest absolute Gasteiger partial charge is 0.508 e. The van der Waals surface area contributed by atoms with E-state index in [-0.39, 0.29) is 36.3 Å². The van der Waals surface area contributed by atoms with Gasteiger partial charge in [0, 0.05) is 35.8 Å². The molecule has 0 saturated carbocycles. The normalized spacial score (nSPS) is 14.1. The highest BCUT2D eigenvalue weighted by molar-refractivity contribution is 5.96. The highest BCUT2D eigenvalue weighted by Crippen LogP contribution is 2.38. The Labute approximate surface area is 193 Å². The molecule has 7 N–H and O–H groups in total. The summed E-state index contributed by atoms with van der Waals surface area (Å²) < 4.78 is 5.48. The number of aliphatic hydroxyl groups excluding tert-OH is 1. The molecule has 33 heavy (non-hydrogen) atoms. The number of nitrogens with two attached hydrogens (primary N) is 1. The van der Waals surface area contributed by atoms with E-state index in [9.17, 15) is 19.8 Å². The highest BCUT2D eigenvalue weighted by atomic mass is 16.5. The van der Waals surface area contributed by atoms with Gasteiger partial charge in [0.05, 0.1) is 11.8 Å². The molecule has 0 aliphatic carbocycles. The number of ether oxygens (including phenoxy) is 1. The van der Waals surface area contributed by atoms with E-state index in [4.69, 9.17) is 10.5 Å².